The lowest BCUT2D eigenvalue weighted by molar-refractivity contribution is -0.155. The zero-order valence-electron chi connectivity index (χ0n) is 26.4. The average molecular weight is 639 g/mol. The van der Waals surface area contributed by atoms with Crippen LogP contribution in [0.15, 0.2) is 77.6 Å². The van der Waals surface area contributed by atoms with Crippen molar-refractivity contribution < 1.29 is 39.5 Å². The number of aliphatic hydroxyl groups is 3. The van der Waals surface area contributed by atoms with Crippen LogP contribution in [0.3, 0.4) is 0 Å². The van der Waals surface area contributed by atoms with E-state index in [1.54, 1.807) is 27.0 Å². The predicted molar refractivity (Wildman–Crippen MR) is 174 cm³/mol. The van der Waals surface area contributed by atoms with Crippen molar-refractivity contribution >= 4 is 23.2 Å². The molecule has 3 aromatic rings. The molecule has 0 radical (unpaired) electrons. The van der Waals surface area contributed by atoms with Crippen LogP contribution in [0.2, 0.25) is 0 Å². The Kier molecular flexibility index (Phi) is 8.19. The number of ether oxygens (including phenoxy) is 1. The van der Waals surface area contributed by atoms with Crippen LogP contribution in [-0.4, -0.2) is 50.6 Å². The number of nitrogens with two attached hydrogens (primary N) is 1. The predicted octanol–water partition coefficient (Wildman–Crippen LogP) is 4.27. The molecular formula is C37H38N2O8. The summed E-state index contributed by atoms with van der Waals surface area (Å²) in [4.78, 5) is 39.7. The minimum Gasteiger partial charge on any atom is -0.508 e. The van der Waals surface area contributed by atoms with Crippen LogP contribution in [-0.2, 0) is 33.9 Å². The topological polar surface area (TPSA) is 179 Å². The van der Waals surface area contributed by atoms with E-state index in [0.717, 1.165) is 28.0 Å². The van der Waals surface area contributed by atoms with Gasteiger partial charge in [-0.3, -0.25) is 14.4 Å². The van der Waals surface area contributed by atoms with Crippen LogP contribution >= 0.6 is 0 Å². The van der Waals surface area contributed by atoms with Crippen molar-refractivity contribution in [1.82, 2.24) is 5.32 Å². The first-order valence-corrected chi connectivity index (χ1v) is 15.6. The monoisotopic (exact) mass is 638 g/mol. The molecule has 1 fully saturated rings. The SMILES string of the molecule is COc1ccc(CNCc2ccc(-c3ccc(O)c4c3C[C@H]3C[C@H]5[C@H](C(C)C)C(=O)C(C(N)=O)=C(O)[C@@]5(O)C(=O)C3=C4O)cc2)cc1. The number of nitrogens with one attached hydrogen (secondary N) is 1. The second kappa shape index (κ2) is 12.0. The number of Topliss-reactive ketones (excluding diaryl/α,β-unsaturated/α-hetero) is 2. The molecule has 3 aliphatic carbocycles. The van der Waals surface area contributed by atoms with Gasteiger partial charge in [-0.15, -0.1) is 0 Å². The number of carbonyl (C=O) groups excluding carboxylic acids is 3. The fourth-order valence-corrected chi connectivity index (χ4v) is 7.65. The zero-order valence-corrected chi connectivity index (χ0v) is 26.4. The molecule has 0 heterocycles. The second-order valence-electron chi connectivity index (χ2n) is 13.0. The molecule has 0 spiro atoms. The van der Waals surface area contributed by atoms with E-state index in [0.29, 0.717) is 18.7 Å². The lowest BCUT2D eigenvalue weighted by atomic mass is 9.54. The van der Waals surface area contributed by atoms with Crippen LogP contribution in [0.25, 0.3) is 16.9 Å². The van der Waals surface area contributed by atoms with E-state index in [2.05, 4.69) is 5.32 Å². The van der Waals surface area contributed by atoms with Gasteiger partial charge in [0.2, 0.25) is 5.78 Å². The fourth-order valence-electron chi connectivity index (χ4n) is 7.65. The summed E-state index contributed by atoms with van der Waals surface area (Å²) in [7, 11) is 1.63. The number of ketones is 2. The van der Waals surface area contributed by atoms with Gasteiger partial charge in [0.1, 0.15) is 28.6 Å². The molecule has 0 unspecified atom stereocenters. The Morgan fingerprint density at radius 3 is 2.17 bits per heavy atom. The Hall–Kier alpha value is -4.93. The molecule has 6 rings (SSSR count). The van der Waals surface area contributed by atoms with Gasteiger partial charge >= 0.3 is 0 Å². The highest BCUT2D eigenvalue weighted by Gasteiger charge is 2.64. The normalized spacial score (nSPS) is 23.8. The van der Waals surface area contributed by atoms with Gasteiger partial charge in [0.15, 0.2) is 11.4 Å². The van der Waals surface area contributed by atoms with E-state index in [-0.39, 0.29) is 29.7 Å². The highest BCUT2D eigenvalue weighted by molar-refractivity contribution is 6.23. The molecule has 244 valence electrons. The summed E-state index contributed by atoms with van der Waals surface area (Å²) in [5, 5.41) is 48.7. The van der Waals surface area contributed by atoms with Crippen molar-refractivity contribution in [3.8, 4) is 22.6 Å². The number of phenols is 1. The Bertz CT molecular complexity index is 1840. The number of carbonyl (C=O) groups is 3. The summed E-state index contributed by atoms with van der Waals surface area (Å²) in [6.45, 7) is 4.79. The van der Waals surface area contributed by atoms with E-state index < -0.39 is 63.8 Å². The van der Waals surface area contributed by atoms with E-state index in [1.165, 1.54) is 6.07 Å². The Labute approximate surface area is 272 Å². The summed E-state index contributed by atoms with van der Waals surface area (Å²) < 4.78 is 5.21. The van der Waals surface area contributed by atoms with Crippen molar-refractivity contribution in [2.24, 2.45) is 29.4 Å². The van der Waals surface area contributed by atoms with Crippen molar-refractivity contribution in [1.29, 1.82) is 0 Å². The summed E-state index contributed by atoms with van der Waals surface area (Å²) in [6.07, 6.45) is 0.299. The molecule has 1 amide bonds. The molecule has 3 aliphatic rings. The summed E-state index contributed by atoms with van der Waals surface area (Å²) in [5.41, 5.74) is 6.31. The van der Waals surface area contributed by atoms with Crippen LogP contribution in [0.4, 0.5) is 0 Å². The lowest BCUT2D eigenvalue weighted by Gasteiger charge is -2.50. The van der Waals surface area contributed by atoms with Gasteiger partial charge in [-0.1, -0.05) is 56.3 Å². The number of hydrogen-bond acceptors (Lipinski definition) is 9. The zero-order chi connectivity index (χ0) is 33.8. The maximum Gasteiger partial charge on any atom is 0.255 e. The van der Waals surface area contributed by atoms with Gasteiger partial charge < -0.3 is 36.2 Å². The van der Waals surface area contributed by atoms with E-state index >= 15 is 0 Å². The summed E-state index contributed by atoms with van der Waals surface area (Å²) in [5.74, 6) is -7.03. The Morgan fingerprint density at radius 2 is 1.60 bits per heavy atom. The number of aromatic hydroxyl groups is 1. The first kappa shape index (κ1) is 32.0. The molecule has 10 heteroatoms. The Morgan fingerprint density at radius 1 is 0.979 bits per heavy atom. The maximum absolute atomic E-state index is 14.1. The number of primary amides is 1. The maximum atomic E-state index is 14.1. The number of phenolic OH excluding ortho intramolecular Hbond substituents is 1. The molecule has 0 aromatic heterocycles. The number of hydrogen-bond donors (Lipinski definition) is 6. The van der Waals surface area contributed by atoms with Crippen molar-refractivity contribution in [3.63, 3.8) is 0 Å². The smallest absolute Gasteiger partial charge is 0.255 e. The largest absolute Gasteiger partial charge is 0.508 e. The van der Waals surface area contributed by atoms with Crippen LogP contribution in [0.5, 0.6) is 11.5 Å². The molecule has 0 aliphatic heterocycles. The van der Waals surface area contributed by atoms with Gasteiger partial charge in [0.25, 0.3) is 5.91 Å². The van der Waals surface area contributed by atoms with Gasteiger partial charge in [-0.05, 0) is 70.7 Å². The number of aliphatic hydroxyl groups excluding tert-OH is 2. The van der Waals surface area contributed by atoms with Crippen molar-refractivity contribution in [2.75, 3.05) is 7.11 Å². The molecule has 7 N–H and O–H groups in total. The molecule has 4 atom stereocenters. The van der Waals surface area contributed by atoms with Crippen LogP contribution in [0, 0.1) is 23.7 Å². The molecule has 10 nitrogen and oxygen atoms in total. The number of rotatable bonds is 8. The number of benzene rings is 3. The van der Waals surface area contributed by atoms with Crippen LogP contribution < -0.4 is 15.8 Å². The fraction of sp³-hybridized carbons (Fsp3) is 0.324. The second-order valence-corrected chi connectivity index (χ2v) is 13.0. The minimum absolute atomic E-state index is 0.0691. The number of methoxy groups -OCH3 is 1. The third-order valence-electron chi connectivity index (χ3n) is 9.93. The highest BCUT2D eigenvalue weighted by Crippen LogP contribution is 2.55. The number of amides is 1. The van der Waals surface area contributed by atoms with Gasteiger partial charge in [-0.2, -0.15) is 0 Å². The first-order valence-electron chi connectivity index (χ1n) is 15.6. The van der Waals surface area contributed by atoms with Crippen molar-refractivity contribution in [3.05, 3.63) is 99.8 Å². The molecule has 47 heavy (non-hydrogen) atoms. The van der Waals surface area contributed by atoms with Gasteiger partial charge in [0.05, 0.1) is 12.7 Å². The minimum atomic E-state index is -2.63. The average Bonchev–Trinajstić information content (AvgIpc) is 3.03. The van der Waals surface area contributed by atoms with Gasteiger partial charge in [0, 0.05) is 30.5 Å². The molecule has 0 bridgehead atoms. The molecule has 0 saturated heterocycles. The van der Waals surface area contributed by atoms with E-state index in [9.17, 15) is 34.8 Å². The highest BCUT2D eigenvalue weighted by atomic mass is 16.5. The molecular weight excluding hydrogens is 600 g/mol. The van der Waals surface area contributed by atoms with Gasteiger partial charge in [-0.25, -0.2) is 0 Å². The third kappa shape index (κ3) is 5.17. The van der Waals surface area contributed by atoms with E-state index in [4.69, 9.17) is 10.5 Å². The molecule has 1 saturated carbocycles. The van der Waals surface area contributed by atoms with Crippen LogP contribution in [0.1, 0.15) is 42.5 Å². The number of fused-ring (bicyclic) bond motifs is 3. The Balaban J connectivity index is 1.32. The quantitative estimate of drug-likeness (QED) is 0.197. The lowest BCUT2D eigenvalue weighted by Crippen LogP contribution is -2.62. The van der Waals surface area contributed by atoms with Crippen molar-refractivity contribution in [2.45, 2.75) is 45.4 Å². The summed E-state index contributed by atoms with van der Waals surface area (Å²) >= 11 is 0. The standard InChI is InChI=1S/C37H38N2O8/c1-18(2)28-26-15-22-14-25-24(21-8-4-19(5-9-21)16-39-17-20-6-10-23(47-3)11-7-20)12-13-27(40)30(25)33(42)29(22)34(43)37(26,46)35(44)31(32(28)41)36(38)45/h4-13,18,22,26,28,39-40,42,44,46H,14-17H2,1-3H3,(H2,38,45)/t22-,26-,28-,37-/m0/s1. The molecule has 3 aromatic carbocycles. The first-order chi connectivity index (χ1) is 22.4. The third-order valence-corrected chi connectivity index (χ3v) is 9.93. The summed E-state index contributed by atoms with van der Waals surface area (Å²) in [6, 6.07) is 19.0. The van der Waals surface area contributed by atoms with E-state index in [1.807, 2.05) is 48.5 Å².